The van der Waals surface area contributed by atoms with Crippen LogP contribution in [0.3, 0.4) is 0 Å². The van der Waals surface area contributed by atoms with E-state index in [2.05, 4.69) is 10.6 Å². The zero-order valence-electron chi connectivity index (χ0n) is 10.4. The van der Waals surface area contributed by atoms with Crippen molar-refractivity contribution in [2.24, 2.45) is 5.92 Å². The molecule has 0 radical (unpaired) electrons. The van der Waals surface area contributed by atoms with Crippen molar-refractivity contribution in [2.75, 3.05) is 18.6 Å². The highest BCUT2D eigenvalue weighted by Gasteiger charge is 2.31. The van der Waals surface area contributed by atoms with Crippen LogP contribution in [0.25, 0.3) is 0 Å². The molecule has 0 saturated carbocycles. The first-order chi connectivity index (χ1) is 8.69. The summed E-state index contributed by atoms with van der Waals surface area (Å²) in [7, 11) is -3.30. The van der Waals surface area contributed by atoms with Gasteiger partial charge >= 0.3 is 5.97 Å². The molecule has 1 fully saturated rings. The summed E-state index contributed by atoms with van der Waals surface area (Å²) in [6.07, 6.45) is 0.811. The molecule has 2 unspecified atom stereocenters. The topological polar surface area (TPSA) is 130 Å². The Balaban J connectivity index is 2.56. The Labute approximate surface area is 110 Å². The molecule has 0 aromatic carbocycles. The lowest BCUT2D eigenvalue weighted by molar-refractivity contribution is -0.142. The van der Waals surface area contributed by atoms with Gasteiger partial charge < -0.3 is 15.7 Å². The first kappa shape index (κ1) is 15.4. The molecule has 0 spiro atoms. The lowest BCUT2D eigenvalue weighted by atomic mass is 10.1. The lowest BCUT2D eigenvalue weighted by Gasteiger charge is -2.16. The molecule has 108 valence electrons. The van der Waals surface area contributed by atoms with Gasteiger partial charge in [-0.3, -0.25) is 9.59 Å². The smallest absolute Gasteiger partial charge is 0.326 e. The number of carboxylic acids is 1. The van der Waals surface area contributed by atoms with E-state index in [1.165, 1.54) is 0 Å². The normalized spacial score (nSPS) is 20.7. The monoisotopic (exact) mass is 292 g/mol. The Morgan fingerprint density at radius 1 is 1.53 bits per heavy atom. The number of carbonyl (C=O) groups is 3. The molecule has 2 amide bonds. The maximum atomic E-state index is 11.7. The first-order valence-electron chi connectivity index (χ1n) is 5.66. The maximum Gasteiger partial charge on any atom is 0.326 e. The van der Waals surface area contributed by atoms with Gasteiger partial charge in [-0.25, -0.2) is 13.2 Å². The van der Waals surface area contributed by atoms with Gasteiger partial charge in [0.2, 0.25) is 11.8 Å². The summed E-state index contributed by atoms with van der Waals surface area (Å²) in [5.74, 6) is -3.05. The number of amides is 2. The van der Waals surface area contributed by atoms with Gasteiger partial charge in [-0.2, -0.15) is 0 Å². The molecule has 0 aliphatic carbocycles. The third kappa shape index (κ3) is 5.25. The summed E-state index contributed by atoms with van der Waals surface area (Å²) in [5, 5.41) is 13.6. The highest BCUT2D eigenvalue weighted by Crippen LogP contribution is 2.09. The van der Waals surface area contributed by atoms with Crippen molar-refractivity contribution < 1.29 is 27.9 Å². The van der Waals surface area contributed by atoms with Gasteiger partial charge in [0.1, 0.15) is 15.9 Å². The Kier molecular flexibility index (Phi) is 4.87. The van der Waals surface area contributed by atoms with Crippen LogP contribution in [0.4, 0.5) is 0 Å². The zero-order valence-corrected chi connectivity index (χ0v) is 11.2. The number of carbonyl (C=O) groups excluding carboxylic acids is 2. The molecular weight excluding hydrogens is 276 g/mol. The Morgan fingerprint density at radius 3 is 2.58 bits per heavy atom. The van der Waals surface area contributed by atoms with Gasteiger partial charge in [0.15, 0.2) is 0 Å². The third-order valence-corrected chi connectivity index (χ3v) is 3.72. The Morgan fingerprint density at radius 2 is 2.16 bits per heavy atom. The predicted molar refractivity (Wildman–Crippen MR) is 65.0 cm³/mol. The minimum Gasteiger partial charge on any atom is -0.480 e. The first-order valence-corrected chi connectivity index (χ1v) is 7.72. The van der Waals surface area contributed by atoms with E-state index in [4.69, 9.17) is 5.11 Å². The van der Waals surface area contributed by atoms with Crippen LogP contribution in [0.15, 0.2) is 0 Å². The molecule has 2 atom stereocenters. The molecule has 1 heterocycles. The highest BCUT2D eigenvalue weighted by molar-refractivity contribution is 7.90. The van der Waals surface area contributed by atoms with Crippen LogP contribution in [-0.4, -0.2) is 55.9 Å². The van der Waals surface area contributed by atoms with Gasteiger partial charge in [0.05, 0.1) is 11.7 Å². The van der Waals surface area contributed by atoms with Crippen LogP contribution in [0.5, 0.6) is 0 Å². The van der Waals surface area contributed by atoms with Gasteiger partial charge in [-0.15, -0.1) is 0 Å². The largest absolute Gasteiger partial charge is 0.480 e. The van der Waals surface area contributed by atoms with E-state index in [1.807, 2.05) is 0 Å². The molecular formula is C10H16N2O6S. The van der Waals surface area contributed by atoms with Gasteiger partial charge in [-0.05, 0) is 6.42 Å². The minimum atomic E-state index is -3.30. The second kappa shape index (κ2) is 6.00. The second-order valence-electron chi connectivity index (χ2n) is 4.52. The summed E-state index contributed by atoms with van der Waals surface area (Å²) in [6.45, 7) is 0.170. The molecule has 0 bridgehead atoms. The molecule has 1 rings (SSSR count). The molecule has 0 aromatic rings. The SMILES string of the molecule is CS(=O)(=O)CCC(NC(=O)C1CNC(=O)C1)C(=O)O. The molecule has 0 aromatic heterocycles. The van der Waals surface area contributed by atoms with Crippen molar-refractivity contribution in [3.8, 4) is 0 Å². The standard InChI is InChI=1S/C10H16N2O6S/c1-19(17,18)3-2-7(10(15)16)12-9(14)6-4-8(13)11-5-6/h6-7H,2-5H2,1H3,(H,11,13)(H,12,14)(H,15,16). The van der Waals surface area contributed by atoms with E-state index in [0.717, 1.165) is 6.26 Å². The maximum absolute atomic E-state index is 11.7. The summed E-state index contributed by atoms with van der Waals surface area (Å²) in [4.78, 5) is 33.6. The van der Waals surface area contributed by atoms with Crippen LogP contribution in [0, 0.1) is 5.92 Å². The van der Waals surface area contributed by atoms with Crippen molar-refractivity contribution in [1.82, 2.24) is 10.6 Å². The number of hydrogen-bond donors (Lipinski definition) is 3. The van der Waals surface area contributed by atoms with Gasteiger partial charge in [-0.1, -0.05) is 0 Å². The van der Waals surface area contributed by atoms with E-state index in [0.29, 0.717) is 0 Å². The van der Waals surface area contributed by atoms with Gasteiger partial charge in [0.25, 0.3) is 0 Å². The number of sulfone groups is 1. The van der Waals surface area contributed by atoms with Crippen LogP contribution in [0.1, 0.15) is 12.8 Å². The highest BCUT2D eigenvalue weighted by atomic mass is 32.2. The molecule has 8 nitrogen and oxygen atoms in total. The summed E-state index contributed by atoms with van der Waals surface area (Å²) in [6, 6.07) is -1.27. The summed E-state index contributed by atoms with van der Waals surface area (Å²) in [5.41, 5.74) is 0. The van der Waals surface area contributed by atoms with Crippen molar-refractivity contribution >= 4 is 27.6 Å². The van der Waals surface area contributed by atoms with E-state index in [-0.39, 0.29) is 31.0 Å². The van der Waals surface area contributed by atoms with Crippen LogP contribution >= 0.6 is 0 Å². The minimum absolute atomic E-state index is 0.0181. The fraction of sp³-hybridized carbons (Fsp3) is 0.700. The molecule has 1 saturated heterocycles. The number of nitrogens with one attached hydrogen (secondary N) is 2. The molecule has 1 aliphatic heterocycles. The number of hydrogen-bond acceptors (Lipinski definition) is 5. The fourth-order valence-electron chi connectivity index (χ4n) is 1.67. The van der Waals surface area contributed by atoms with E-state index >= 15 is 0 Å². The second-order valence-corrected chi connectivity index (χ2v) is 6.78. The average molecular weight is 292 g/mol. The number of carboxylic acid groups (broad SMARTS) is 1. The Hall–Kier alpha value is -1.64. The third-order valence-electron chi connectivity index (χ3n) is 2.74. The number of rotatable bonds is 6. The van der Waals surface area contributed by atoms with Crippen molar-refractivity contribution in [3.63, 3.8) is 0 Å². The molecule has 9 heteroatoms. The van der Waals surface area contributed by atoms with E-state index < -0.39 is 33.7 Å². The van der Waals surface area contributed by atoms with Crippen molar-refractivity contribution in [2.45, 2.75) is 18.9 Å². The van der Waals surface area contributed by atoms with E-state index in [9.17, 15) is 22.8 Å². The average Bonchev–Trinajstić information content (AvgIpc) is 2.69. The predicted octanol–water partition coefficient (Wildman–Crippen LogP) is -1.87. The summed E-state index contributed by atoms with van der Waals surface area (Å²) < 4.78 is 22.0. The molecule has 3 N–H and O–H groups in total. The zero-order chi connectivity index (χ0) is 14.6. The van der Waals surface area contributed by atoms with Crippen molar-refractivity contribution in [1.29, 1.82) is 0 Å². The van der Waals surface area contributed by atoms with E-state index in [1.54, 1.807) is 0 Å². The van der Waals surface area contributed by atoms with Gasteiger partial charge in [0, 0.05) is 19.2 Å². The number of aliphatic carboxylic acids is 1. The van der Waals surface area contributed by atoms with Crippen LogP contribution in [-0.2, 0) is 24.2 Å². The molecule has 19 heavy (non-hydrogen) atoms. The molecule has 1 aliphatic rings. The Bertz CT molecular complexity index is 486. The van der Waals surface area contributed by atoms with Crippen LogP contribution in [0.2, 0.25) is 0 Å². The quantitative estimate of drug-likeness (QED) is 0.525. The summed E-state index contributed by atoms with van der Waals surface area (Å²) >= 11 is 0. The van der Waals surface area contributed by atoms with Crippen molar-refractivity contribution in [3.05, 3.63) is 0 Å². The fourth-order valence-corrected chi connectivity index (χ4v) is 2.33. The van der Waals surface area contributed by atoms with Crippen LogP contribution < -0.4 is 10.6 Å². The lowest BCUT2D eigenvalue weighted by Crippen LogP contribution is -2.44.